The lowest BCUT2D eigenvalue weighted by molar-refractivity contribution is 0.126. The lowest BCUT2D eigenvalue weighted by atomic mass is 9.93. The van der Waals surface area contributed by atoms with Crippen molar-refractivity contribution in [1.29, 1.82) is 0 Å². The second-order valence-corrected chi connectivity index (χ2v) is 4.99. The molecule has 0 aliphatic heterocycles. The summed E-state index contributed by atoms with van der Waals surface area (Å²) in [4.78, 5) is 8.36. The van der Waals surface area contributed by atoms with Crippen molar-refractivity contribution in [3.05, 3.63) is 11.9 Å². The van der Waals surface area contributed by atoms with E-state index >= 15 is 0 Å². The third-order valence-electron chi connectivity index (χ3n) is 3.52. The van der Waals surface area contributed by atoms with Crippen LogP contribution in [0.2, 0.25) is 0 Å². The molecule has 0 bridgehead atoms. The van der Waals surface area contributed by atoms with Gasteiger partial charge in [-0.05, 0) is 32.1 Å². The molecule has 1 aromatic rings. The zero-order valence-corrected chi connectivity index (χ0v) is 10.9. The number of rotatable bonds is 4. The van der Waals surface area contributed by atoms with Crippen molar-refractivity contribution in [2.75, 3.05) is 11.1 Å². The molecule has 0 amide bonds. The van der Waals surface area contributed by atoms with Crippen molar-refractivity contribution >= 4 is 11.6 Å². The fourth-order valence-electron chi connectivity index (χ4n) is 2.46. The number of nitrogens with two attached hydrogens (primary N) is 1. The first-order chi connectivity index (χ1) is 8.70. The van der Waals surface area contributed by atoms with Gasteiger partial charge >= 0.3 is 0 Å². The monoisotopic (exact) mass is 250 g/mol. The maximum absolute atomic E-state index is 9.50. The van der Waals surface area contributed by atoms with Crippen LogP contribution in [0.1, 0.15) is 44.6 Å². The van der Waals surface area contributed by atoms with Crippen LogP contribution in [-0.4, -0.2) is 27.2 Å². The number of aliphatic hydroxyl groups is 1. The molecule has 5 heteroatoms. The summed E-state index contributed by atoms with van der Waals surface area (Å²) in [6.07, 6.45) is 6.98. The highest BCUT2D eigenvalue weighted by molar-refractivity contribution is 5.55. The Morgan fingerprint density at radius 2 is 2.06 bits per heavy atom. The van der Waals surface area contributed by atoms with Gasteiger partial charge in [-0.3, -0.25) is 0 Å². The van der Waals surface area contributed by atoms with Crippen molar-refractivity contribution in [3.63, 3.8) is 0 Å². The minimum Gasteiger partial charge on any atom is -0.393 e. The van der Waals surface area contributed by atoms with Gasteiger partial charge in [0.05, 0.1) is 6.10 Å². The standard InChI is InChI=1S/C13H22N4O/c1-2-3-11-12(14)15-8-16-13(11)17-9-4-6-10(18)7-5-9/h8-10,18H,2-7H2,1H3,(H3,14,15,16,17). The molecule has 100 valence electrons. The lowest BCUT2D eigenvalue weighted by Crippen LogP contribution is -2.29. The molecular weight excluding hydrogens is 228 g/mol. The van der Waals surface area contributed by atoms with Crippen molar-refractivity contribution in [3.8, 4) is 0 Å². The fourth-order valence-corrected chi connectivity index (χ4v) is 2.46. The van der Waals surface area contributed by atoms with Crippen LogP contribution in [0.3, 0.4) is 0 Å². The van der Waals surface area contributed by atoms with E-state index < -0.39 is 0 Å². The number of anilines is 2. The number of nitrogens with one attached hydrogen (secondary N) is 1. The van der Waals surface area contributed by atoms with Crippen LogP contribution in [0.4, 0.5) is 11.6 Å². The van der Waals surface area contributed by atoms with Gasteiger partial charge in [0, 0.05) is 11.6 Å². The van der Waals surface area contributed by atoms with Gasteiger partial charge in [0.1, 0.15) is 18.0 Å². The Bertz CT molecular complexity index is 389. The summed E-state index contributed by atoms with van der Waals surface area (Å²) >= 11 is 0. The van der Waals surface area contributed by atoms with Gasteiger partial charge in [0.15, 0.2) is 0 Å². The van der Waals surface area contributed by atoms with Gasteiger partial charge < -0.3 is 16.2 Å². The third kappa shape index (κ3) is 3.10. The Balaban J connectivity index is 2.06. The second-order valence-electron chi connectivity index (χ2n) is 4.99. The van der Waals surface area contributed by atoms with E-state index in [2.05, 4.69) is 22.2 Å². The largest absolute Gasteiger partial charge is 0.393 e. The van der Waals surface area contributed by atoms with Crippen molar-refractivity contribution in [2.24, 2.45) is 0 Å². The van der Waals surface area contributed by atoms with Crippen LogP contribution in [0.25, 0.3) is 0 Å². The molecule has 0 aromatic carbocycles. The molecule has 1 heterocycles. The number of aliphatic hydroxyl groups excluding tert-OH is 1. The quantitative estimate of drug-likeness (QED) is 0.758. The number of hydrogen-bond acceptors (Lipinski definition) is 5. The molecule has 0 unspecified atom stereocenters. The molecule has 0 saturated heterocycles. The van der Waals surface area contributed by atoms with Crippen molar-refractivity contribution < 1.29 is 5.11 Å². The predicted molar refractivity (Wildman–Crippen MR) is 72.3 cm³/mol. The predicted octanol–water partition coefficient (Wildman–Crippen LogP) is 1.73. The average Bonchev–Trinajstić information content (AvgIpc) is 2.36. The Labute approximate surface area is 108 Å². The average molecular weight is 250 g/mol. The highest BCUT2D eigenvalue weighted by Gasteiger charge is 2.20. The fraction of sp³-hybridized carbons (Fsp3) is 0.692. The summed E-state index contributed by atoms with van der Waals surface area (Å²) in [5.41, 5.74) is 6.92. The van der Waals surface area contributed by atoms with E-state index in [1.165, 1.54) is 6.33 Å². The van der Waals surface area contributed by atoms with E-state index in [9.17, 15) is 5.11 Å². The summed E-state index contributed by atoms with van der Waals surface area (Å²) in [5.74, 6) is 1.44. The van der Waals surface area contributed by atoms with Gasteiger partial charge in [0.25, 0.3) is 0 Å². The van der Waals surface area contributed by atoms with E-state index in [0.29, 0.717) is 11.9 Å². The van der Waals surface area contributed by atoms with E-state index in [-0.39, 0.29) is 6.10 Å². The molecule has 1 saturated carbocycles. The molecule has 1 aromatic heterocycles. The van der Waals surface area contributed by atoms with Gasteiger partial charge in [-0.15, -0.1) is 0 Å². The molecule has 5 nitrogen and oxygen atoms in total. The second kappa shape index (κ2) is 6.00. The summed E-state index contributed by atoms with van der Waals surface area (Å²) in [5, 5.41) is 13.0. The Morgan fingerprint density at radius 3 is 2.72 bits per heavy atom. The van der Waals surface area contributed by atoms with Gasteiger partial charge in [0.2, 0.25) is 0 Å². The normalized spacial score (nSPS) is 23.9. The molecule has 0 spiro atoms. The zero-order valence-electron chi connectivity index (χ0n) is 10.9. The minimum atomic E-state index is -0.131. The van der Waals surface area contributed by atoms with Crippen LogP contribution in [0.15, 0.2) is 6.33 Å². The highest BCUT2D eigenvalue weighted by Crippen LogP contribution is 2.25. The van der Waals surface area contributed by atoms with Gasteiger partial charge in [-0.2, -0.15) is 0 Å². The molecule has 1 aliphatic rings. The van der Waals surface area contributed by atoms with E-state index in [4.69, 9.17) is 5.73 Å². The van der Waals surface area contributed by atoms with E-state index in [1.54, 1.807) is 0 Å². The lowest BCUT2D eigenvalue weighted by Gasteiger charge is -2.27. The SMILES string of the molecule is CCCc1c(N)ncnc1NC1CCC(O)CC1. The number of aromatic nitrogens is 2. The molecule has 2 rings (SSSR count). The first-order valence-electron chi connectivity index (χ1n) is 6.74. The van der Waals surface area contributed by atoms with Gasteiger partial charge in [-0.1, -0.05) is 13.3 Å². The molecule has 0 radical (unpaired) electrons. The zero-order chi connectivity index (χ0) is 13.0. The Kier molecular flexibility index (Phi) is 4.36. The van der Waals surface area contributed by atoms with E-state index in [1.807, 2.05) is 0 Å². The van der Waals surface area contributed by atoms with Crippen molar-refractivity contribution in [2.45, 2.75) is 57.6 Å². The van der Waals surface area contributed by atoms with Crippen LogP contribution in [0, 0.1) is 0 Å². The highest BCUT2D eigenvalue weighted by atomic mass is 16.3. The molecule has 0 atom stereocenters. The number of nitrogens with zero attached hydrogens (tertiary/aromatic N) is 2. The summed E-state index contributed by atoms with van der Waals surface area (Å²) in [7, 11) is 0. The maximum Gasteiger partial charge on any atom is 0.134 e. The maximum atomic E-state index is 9.50. The Hall–Kier alpha value is -1.36. The first-order valence-corrected chi connectivity index (χ1v) is 6.74. The molecular formula is C13H22N4O. The number of hydrogen-bond donors (Lipinski definition) is 3. The molecule has 1 aliphatic carbocycles. The van der Waals surface area contributed by atoms with Crippen LogP contribution < -0.4 is 11.1 Å². The van der Waals surface area contributed by atoms with Gasteiger partial charge in [-0.25, -0.2) is 9.97 Å². The van der Waals surface area contributed by atoms with E-state index in [0.717, 1.165) is 49.9 Å². The molecule has 4 N–H and O–H groups in total. The van der Waals surface area contributed by atoms with Crippen LogP contribution in [0.5, 0.6) is 0 Å². The Morgan fingerprint density at radius 1 is 1.33 bits per heavy atom. The topological polar surface area (TPSA) is 84.1 Å². The minimum absolute atomic E-state index is 0.131. The van der Waals surface area contributed by atoms with Crippen LogP contribution in [-0.2, 0) is 6.42 Å². The first kappa shape index (κ1) is 13.1. The van der Waals surface area contributed by atoms with Crippen molar-refractivity contribution in [1.82, 2.24) is 9.97 Å². The summed E-state index contributed by atoms with van der Waals surface area (Å²) < 4.78 is 0. The third-order valence-corrected chi connectivity index (χ3v) is 3.52. The summed E-state index contributed by atoms with van der Waals surface area (Å²) in [6.45, 7) is 2.12. The van der Waals surface area contributed by atoms with Crippen LogP contribution >= 0.6 is 0 Å². The molecule has 1 fully saturated rings. The smallest absolute Gasteiger partial charge is 0.134 e. The molecule has 18 heavy (non-hydrogen) atoms. The summed E-state index contributed by atoms with van der Waals surface area (Å²) in [6, 6.07) is 0.387. The number of nitrogen functional groups attached to an aromatic ring is 1.